The molecule has 4 aromatic rings. The summed E-state index contributed by atoms with van der Waals surface area (Å²) in [6.07, 6.45) is -0.205. The van der Waals surface area contributed by atoms with Gasteiger partial charge in [-0.1, -0.05) is 32.1 Å². The average Bonchev–Trinajstić information content (AvgIpc) is 3.48. The van der Waals surface area contributed by atoms with Crippen molar-refractivity contribution in [1.29, 1.82) is 0 Å². The third kappa shape index (κ3) is 6.19. The van der Waals surface area contributed by atoms with Gasteiger partial charge in [0.1, 0.15) is 11.4 Å². The van der Waals surface area contributed by atoms with E-state index < -0.39 is 17.6 Å². The molecule has 0 bridgehead atoms. The van der Waals surface area contributed by atoms with Crippen LogP contribution in [0.2, 0.25) is 0 Å². The average molecular weight is 555 g/mol. The molecule has 2 heterocycles. The Labute approximate surface area is 231 Å². The van der Waals surface area contributed by atoms with E-state index in [-0.39, 0.29) is 22.4 Å². The maximum absolute atomic E-state index is 14.0. The highest BCUT2D eigenvalue weighted by Gasteiger charge is 2.36. The first kappa shape index (κ1) is 28.8. The van der Waals surface area contributed by atoms with Crippen LogP contribution in [0.1, 0.15) is 59.9 Å². The van der Waals surface area contributed by atoms with E-state index in [9.17, 15) is 18.0 Å². The minimum atomic E-state index is -4.66. The van der Waals surface area contributed by atoms with Gasteiger partial charge in [0, 0.05) is 29.6 Å². The molecule has 212 valence electrons. The number of anilines is 1. The predicted octanol–water partition coefficient (Wildman–Crippen LogP) is 6.54. The fourth-order valence-electron chi connectivity index (χ4n) is 4.36. The number of aryl methyl sites for hydroxylation is 3. The maximum Gasteiger partial charge on any atom is 0.420 e. The highest BCUT2D eigenvalue weighted by molar-refractivity contribution is 6.04. The summed E-state index contributed by atoms with van der Waals surface area (Å²) in [5, 5.41) is 15.4. The van der Waals surface area contributed by atoms with Gasteiger partial charge < -0.3 is 10.1 Å². The summed E-state index contributed by atoms with van der Waals surface area (Å²) >= 11 is 0. The lowest BCUT2D eigenvalue weighted by Gasteiger charge is -2.22. The summed E-state index contributed by atoms with van der Waals surface area (Å²) in [4.78, 5) is 13.2. The van der Waals surface area contributed by atoms with Crippen molar-refractivity contribution >= 4 is 11.6 Å². The molecule has 0 atom stereocenters. The molecule has 40 heavy (non-hydrogen) atoms. The number of amides is 1. The number of aromatic nitrogens is 5. The summed E-state index contributed by atoms with van der Waals surface area (Å²) in [6.45, 7) is 9.84. The second-order valence-electron chi connectivity index (χ2n) is 11.0. The largest absolute Gasteiger partial charge is 0.496 e. The highest BCUT2D eigenvalue weighted by atomic mass is 19.4. The van der Waals surface area contributed by atoms with Crippen molar-refractivity contribution < 1.29 is 22.7 Å². The van der Waals surface area contributed by atoms with Crippen LogP contribution in [-0.2, 0) is 19.6 Å². The summed E-state index contributed by atoms with van der Waals surface area (Å²) in [7, 11) is 3.06. The molecule has 0 aliphatic carbocycles. The normalized spacial score (nSPS) is 12.1. The molecule has 1 N–H and O–H groups in total. The first-order valence-electron chi connectivity index (χ1n) is 12.8. The number of alkyl halides is 3. The minimum Gasteiger partial charge on any atom is -0.496 e. The summed E-state index contributed by atoms with van der Waals surface area (Å²) in [5.41, 5.74) is 3.50. The van der Waals surface area contributed by atoms with Crippen LogP contribution in [0.3, 0.4) is 0 Å². The van der Waals surface area contributed by atoms with Gasteiger partial charge in [0.15, 0.2) is 0 Å². The SMILES string of the molecule is COc1c(CCC(C)(C)C)cc(NC(=O)c2ccc(C)c(-n3cc(-c4cnn(C)c4C)nn3)c2)cc1C(F)(F)F. The molecule has 2 aromatic heterocycles. The molecule has 0 aliphatic heterocycles. The van der Waals surface area contributed by atoms with Crippen LogP contribution < -0.4 is 10.1 Å². The number of carbonyl (C=O) groups excluding carboxylic acids is 1. The van der Waals surface area contributed by atoms with Crippen molar-refractivity contribution in [2.24, 2.45) is 12.5 Å². The van der Waals surface area contributed by atoms with Gasteiger partial charge in [-0.3, -0.25) is 9.48 Å². The minimum absolute atomic E-state index is 0.0410. The Morgan fingerprint density at radius 1 is 1.10 bits per heavy atom. The molecule has 0 unspecified atom stereocenters. The van der Waals surface area contributed by atoms with Crippen molar-refractivity contribution in [3.63, 3.8) is 0 Å². The Balaban J connectivity index is 1.66. The molecular weight excluding hydrogens is 521 g/mol. The molecule has 0 spiro atoms. The zero-order chi connectivity index (χ0) is 29.4. The quantitative estimate of drug-likeness (QED) is 0.280. The van der Waals surface area contributed by atoms with Crippen LogP contribution >= 0.6 is 0 Å². The van der Waals surface area contributed by atoms with Crippen LogP contribution in [0, 0.1) is 19.3 Å². The van der Waals surface area contributed by atoms with Gasteiger partial charge in [-0.05, 0) is 67.5 Å². The van der Waals surface area contributed by atoms with Gasteiger partial charge in [0.05, 0.1) is 30.8 Å². The number of ether oxygens (including phenoxy) is 1. The fraction of sp³-hybridized carbons (Fsp3) is 0.379. The molecule has 11 heteroatoms. The van der Waals surface area contributed by atoms with Gasteiger partial charge in [0.25, 0.3) is 5.91 Å². The Morgan fingerprint density at radius 2 is 1.82 bits per heavy atom. The molecular formula is C29H33F3N6O2. The topological polar surface area (TPSA) is 86.9 Å². The molecule has 2 aromatic carbocycles. The Bertz CT molecular complexity index is 1550. The van der Waals surface area contributed by atoms with E-state index in [1.54, 1.807) is 46.0 Å². The number of hydrogen-bond acceptors (Lipinski definition) is 5. The standard InChI is InChI=1S/C29H33F3N6O2/c1-17-8-9-20(13-25(17)38-16-24(35-36-38)22-15-33-37(6)18(22)2)27(39)34-21-12-19(10-11-28(3,4)5)26(40-7)23(14-21)29(30,31)32/h8-9,12-16H,10-11H2,1-7H3,(H,34,39). The number of rotatable bonds is 7. The number of nitrogens with one attached hydrogen (secondary N) is 1. The van der Waals surface area contributed by atoms with Crippen LogP contribution in [-0.4, -0.2) is 37.8 Å². The van der Waals surface area contributed by atoms with E-state index in [2.05, 4.69) is 20.7 Å². The summed E-state index contributed by atoms with van der Waals surface area (Å²) < 4.78 is 50.3. The van der Waals surface area contributed by atoms with Crippen LogP contribution in [0.25, 0.3) is 16.9 Å². The second-order valence-corrected chi connectivity index (χ2v) is 11.0. The predicted molar refractivity (Wildman–Crippen MR) is 147 cm³/mol. The third-order valence-corrected chi connectivity index (χ3v) is 6.80. The van der Waals surface area contributed by atoms with E-state index in [1.165, 1.54) is 7.11 Å². The van der Waals surface area contributed by atoms with Gasteiger partial charge in [-0.15, -0.1) is 5.10 Å². The van der Waals surface area contributed by atoms with Crippen molar-refractivity contribution in [3.05, 3.63) is 70.7 Å². The molecule has 1 amide bonds. The van der Waals surface area contributed by atoms with Crippen LogP contribution in [0.4, 0.5) is 18.9 Å². The highest BCUT2D eigenvalue weighted by Crippen LogP contribution is 2.41. The summed E-state index contributed by atoms with van der Waals surface area (Å²) in [6, 6.07) is 7.46. The lowest BCUT2D eigenvalue weighted by Crippen LogP contribution is -2.16. The van der Waals surface area contributed by atoms with E-state index in [1.807, 2.05) is 41.7 Å². The van der Waals surface area contributed by atoms with Crippen molar-refractivity contribution in [3.8, 4) is 22.7 Å². The molecule has 0 fully saturated rings. The summed E-state index contributed by atoms with van der Waals surface area (Å²) in [5.74, 6) is -0.775. The Kier molecular flexibility index (Phi) is 7.78. The molecule has 0 radical (unpaired) electrons. The third-order valence-electron chi connectivity index (χ3n) is 6.80. The lowest BCUT2D eigenvalue weighted by atomic mass is 9.88. The van der Waals surface area contributed by atoms with Crippen molar-refractivity contribution in [2.45, 2.75) is 53.6 Å². The lowest BCUT2D eigenvalue weighted by molar-refractivity contribution is -0.138. The number of benzene rings is 2. The number of nitrogens with zero attached hydrogens (tertiary/aromatic N) is 5. The van der Waals surface area contributed by atoms with E-state index in [4.69, 9.17) is 4.74 Å². The van der Waals surface area contributed by atoms with Crippen LogP contribution in [0.15, 0.2) is 42.7 Å². The van der Waals surface area contributed by atoms with Crippen LogP contribution in [0.5, 0.6) is 5.75 Å². The van der Waals surface area contributed by atoms with Gasteiger partial charge in [-0.25, -0.2) is 4.68 Å². The monoisotopic (exact) mass is 554 g/mol. The fourth-order valence-corrected chi connectivity index (χ4v) is 4.36. The van der Waals surface area contributed by atoms with Gasteiger partial charge >= 0.3 is 6.18 Å². The second kappa shape index (κ2) is 10.8. The Hall–Kier alpha value is -4.15. The number of carbonyl (C=O) groups is 1. The zero-order valence-electron chi connectivity index (χ0n) is 23.6. The number of methoxy groups -OCH3 is 1. The smallest absolute Gasteiger partial charge is 0.420 e. The van der Waals surface area contributed by atoms with Gasteiger partial charge in [0.2, 0.25) is 0 Å². The molecule has 0 saturated carbocycles. The number of hydrogen-bond donors (Lipinski definition) is 1. The van der Waals surface area contributed by atoms with E-state index >= 15 is 0 Å². The first-order valence-corrected chi connectivity index (χ1v) is 12.8. The van der Waals surface area contributed by atoms with E-state index in [0.717, 1.165) is 22.9 Å². The van der Waals surface area contributed by atoms with Crippen molar-refractivity contribution in [2.75, 3.05) is 12.4 Å². The molecule has 8 nitrogen and oxygen atoms in total. The molecule has 4 rings (SSSR count). The molecule has 0 saturated heterocycles. The zero-order valence-corrected chi connectivity index (χ0v) is 23.6. The van der Waals surface area contributed by atoms with Gasteiger partial charge in [-0.2, -0.15) is 18.3 Å². The number of halogens is 3. The molecule has 0 aliphatic rings. The van der Waals surface area contributed by atoms with Crippen molar-refractivity contribution in [1.82, 2.24) is 24.8 Å². The van der Waals surface area contributed by atoms with E-state index in [0.29, 0.717) is 29.8 Å². The maximum atomic E-state index is 14.0. The Morgan fingerprint density at radius 3 is 2.42 bits per heavy atom. The first-order chi connectivity index (χ1) is 18.7.